The summed E-state index contributed by atoms with van der Waals surface area (Å²) in [4.78, 5) is 12.0. The van der Waals surface area contributed by atoms with Gasteiger partial charge >= 0.3 is 6.03 Å². The number of H-pyrrole nitrogens is 1. The number of urea groups is 1. The van der Waals surface area contributed by atoms with Crippen LogP contribution in [0.5, 0.6) is 0 Å². The molecule has 0 saturated heterocycles. The average molecular weight is 302 g/mol. The molecule has 0 aliphatic rings. The lowest BCUT2D eigenvalue weighted by Gasteiger charge is -2.28. The number of aromatic amines is 1. The third-order valence-corrected chi connectivity index (χ3v) is 3.52. The highest BCUT2D eigenvalue weighted by atomic mass is 16.3. The number of anilines is 1. The standard InChI is InChI=1S/C16H22N4O2/c1-3-9-16(2,11-21)19-15(22)18-13-6-4-12(5-7-13)14-8-10-17-20-14/h4-8,10,21H,3,9,11H2,1-2H3,(H,17,20)(H2,18,19,22). The van der Waals surface area contributed by atoms with Gasteiger partial charge in [-0.3, -0.25) is 5.10 Å². The fourth-order valence-corrected chi connectivity index (χ4v) is 2.32. The van der Waals surface area contributed by atoms with Crippen molar-refractivity contribution in [2.24, 2.45) is 0 Å². The van der Waals surface area contributed by atoms with Crippen molar-refractivity contribution in [3.63, 3.8) is 0 Å². The zero-order valence-electron chi connectivity index (χ0n) is 12.9. The molecule has 1 unspecified atom stereocenters. The Balaban J connectivity index is 1.97. The Kier molecular flexibility index (Phi) is 5.16. The molecule has 6 heteroatoms. The summed E-state index contributed by atoms with van der Waals surface area (Å²) in [5.41, 5.74) is 2.01. The molecule has 118 valence electrons. The fourth-order valence-electron chi connectivity index (χ4n) is 2.32. The molecule has 1 atom stereocenters. The molecule has 0 saturated carbocycles. The van der Waals surface area contributed by atoms with Crippen molar-refractivity contribution >= 4 is 11.7 Å². The molecule has 2 aromatic rings. The molecular weight excluding hydrogens is 280 g/mol. The van der Waals surface area contributed by atoms with Crippen molar-refractivity contribution < 1.29 is 9.90 Å². The number of amides is 2. The summed E-state index contributed by atoms with van der Waals surface area (Å²) in [6, 6.07) is 9.02. The summed E-state index contributed by atoms with van der Waals surface area (Å²) in [6.45, 7) is 3.76. The number of aliphatic hydroxyl groups excluding tert-OH is 1. The first-order chi connectivity index (χ1) is 10.6. The van der Waals surface area contributed by atoms with Crippen LogP contribution in [0.25, 0.3) is 11.3 Å². The van der Waals surface area contributed by atoms with Crippen LogP contribution in [0.3, 0.4) is 0 Å². The van der Waals surface area contributed by atoms with Crippen LogP contribution in [0.4, 0.5) is 10.5 Å². The van der Waals surface area contributed by atoms with Crippen molar-refractivity contribution in [1.29, 1.82) is 0 Å². The molecule has 6 nitrogen and oxygen atoms in total. The van der Waals surface area contributed by atoms with Gasteiger partial charge in [-0.25, -0.2) is 4.79 Å². The van der Waals surface area contributed by atoms with E-state index in [4.69, 9.17) is 0 Å². The molecule has 0 aliphatic heterocycles. The summed E-state index contributed by atoms with van der Waals surface area (Å²) in [7, 11) is 0. The molecular formula is C16H22N4O2. The Hall–Kier alpha value is -2.34. The second kappa shape index (κ2) is 7.09. The normalized spacial score (nSPS) is 13.4. The second-order valence-corrected chi connectivity index (χ2v) is 5.60. The first kappa shape index (κ1) is 16.0. The fraction of sp³-hybridized carbons (Fsp3) is 0.375. The monoisotopic (exact) mass is 302 g/mol. The van der Waals surface area contributed by atoms with E-state index >= 15 is 0 Å². The van der Waals surface area contributed by atoms with E-state index in [1.807, 2.05) is 44.2 Å². The number of hydrogen-bond acceptors (Lipinski definition) is 3. The number of aromatic nitrogens is 2. The van der Waals surface area contributed by atoms with E-state index in [9.17, 15) is 9.90 Å². The van der Waals surface area contributed by atoms with E-state index in [1.54, 1.807) is 6.20 Å². The van der Waals surface area contributed by atoms with Crippen LogP contribution in [0.1, 0.15) is 26.7 Å². The van der Waals surface area contributed by atoms with Crippen LogP contribution in [0.2, 0.25) is 0 Å². The molecule has 0 radical (unpaired) electrons. The summed E-state index contributed by atoms with van der Waals surface area (Å²) in [6.07, 6.45) is 3.30. The Labute approximate surface area is 129 Å². The van der Waals surface area contributed by atoms with Gasteiger partial charge in [0.25, 0.3) is 0 Å². The third kappa shape index (κ3) is 4.08. The largest absolute Gasteiger partial charge is 0.394 e. The predicted molar refractivity (Wildman–Crippen MR) is 86.6 cm³/mol. The molecule has 1 heterocycles. The molecule has 0 fully saturated rings. The number of carbonyl (C=O) groups excluding carboxylic acids is 1. The Morgan fingerprint density at radius 2 is 2.05 bits per heavy atom. The van der Waals surface area contributed by atoms with E-state index in [0.29, 0.717) is 5.69 Å². The molecule has 2 amide bonds. The SMILES string of the molecule is CCCC(C)(CO)NC(=O)Nc1ccc(-c2ccn[nH]2)cc1. The smallest absolute Gasteiger partial charge is 0.319 e. The lowest BCUT2D eigenvalue weighted by Crippen LogP contribution is -2.50. The van der Waals surface area contributed by atoms with Gasteiger partial charge in [0.1, 0.15) is 0 Å². The second-order valence-electron chi connectivity index (χ2n) is 5.60. The molecule has 0 bridgehead atoms. The van der Waals surface area contributed by atoms with Crippen LogP contribution >= 0.6 is 0 Å². The van der Waals surface area contributed by atoms with Gasteiger partial charge in [0.05, 0.1) is 17.8 Å². The number of carbonyl (C=O) groups is 1. The van der Waals surface area contributed by atoms with Gasteiger partial charge in [0, 0.05) is 11.9 Å². The molecule has 0 aliphatic carbocycles. The van der Waals surface area contributed by atoms with E-state index in [2.05, 4.69) is 20.8 Å². The van der Waals surface area contributed by atoms with Crippen molar-refractivity contribution in [1.82, 2.24) is 15.5 Å². The molecule has 1 aromatic carbocycles. The van der Waals surface area contributed by atoms with Crippen LogP contribution in [-0.4, -0.2) is 33.5 Å². The average Bonchev–Trinajstić information content (AvgIpc) is 3.02. The summed E-state index contributed by atoms with van der Waals surface area (Å²) >= 11 is 0. The van der Waals surface area contributed by atoms with Crippen LogP contribution in [0, 0.1) is 0 Å². The van der Waals surface area contributed by atoms with Crippen LogP contribution in [-0.2, 0) is 0 Å². The molecule has 4 N–H and O–H groups in total. The van der Waals surface area contributed by atoms with Crippen LogP contribution < -0.4 is 10.6 Å². The number of nitrogens with one attached hydrogen (secondary N) is 3. The number of benzene rings is 1. The predicted octanol–water partition coefficient (Wildman–Crippen LogP) is 2.75. The maximum Gasteiger partial charge on any atom is 0.319 e. The van der Waals surface area contributed by atoms with E-state index in [-0.39, 0.29) is 12.6 Å². The Morgan fingerprint density at radius 1 is 1.32 bits per heavy atom. The van der Waals surface area contributed by atoms with E-state index in [0.717, 1.165) is 24.1 Å². The number of nitrogens with zero attached hydrogens (tertiary/aromatic N) is 1. The van der Waals surface area contributed by atoms with Crippen LogP contribution in [0.15, 0.2) is 36.5 Å². The van der Waals surface area contributed by atoms with Crippen molar-refractivity contribution in [2.75, 3.05) is 11.9 Å². The number of hydrogen-bond donors (Lipinski definition) is 4. The molecule has 0 spiro atoms. The highest BCUT2D eigenvalue weighted by Crippen LogP contribution is 2.19. The molecule has 2 rings (SSSR count). The first-order valence-corrected chi connectivity index (χ1v) is 7.36. The molecule has 22 heavy (non-hydrogen) atoms. The van der Waals surface area contributed by atoms with Gasteiger partial charge in [-0.15, -0.1) is 0 Å². The number of rotatable bonds is 6. The van der Waals surface area contributed by atoms with Gasteiger partial charge in [0.15, 0.2) is 0 Å². The summed E-state index contributed by atoms with van der Waals surface area (Å²) < 4.78 is 0. The van der Waals surface area contributed by atoms with Gasteiger partial charge in [-0.05, 0) is 37.1 Å². The Morgan fingerprint density at radius 3 is 2.59 bits per heavy atom. The minimum Gasteiger partial charge on any atom is -0.394 e. The minimum atomic E-state index is -0.602. The quantitative estimate of drug-likeness (QED) is 0.661. The van der Waals surface area contributed by atoms with Gasteiger partial charge in [-0.1, -0.05) is 25.5 Å². The maximum atomic E-state index is 12.0. The van der Waals surface area contributed by atoms with Crippen molar-refractivity contribution in [3.8, 4) is 11.3 Å². The zero-order valence-corrected chi connectivity index (χ0v) is 12.9. The lowest BCUT2D eigenvalue weighted by atomic mass is 9.98. The first-order valence-electron chi connectivity index (χ1n) is 7.36. The van der Waals surface area contributed by atoms with E-state index < -0.39 is 5.54 Å². The number of aliphatic hydroxyl groups is 1. The third-order valence-electron chi connectivity index (χ3n) is 3.52. The highest BCUT2D eigenvalue weighted by molar-refractivity contribution is 5.90. The summed E-state index contributed by atoms with van der Waals surface area (Å²) in [5, 5.41) is 21.8. The van der Waals surface area contributed by atoms with Gasteiger partial charge in [0.2, 0.25) is 0 Å². The summed E-state index contributed by atoms with van der Waals surface area (Å²) in [5.74, 6) is 0. The van der Waals surface area contributed by atoms with Gasteiger partial charge in [-0.2, -0.15) is 5.10 Å². The van der Waals surface area contributed by atoms with Crippen molar-refractivity contribution in [3.05, 3.63) is 36.5 Å². The maximum absolute atomic E-state index is 12.0. The van der Waals surface area contributed by atoms with Gasteiger partial charge < -0.3 is 15.7 Å². The molecule has 1 aromatic heterocycles. The minimum absolute atomic E-state index is 0.0903. The van der Waals surface area contributed by atoms with Crippen molar-refractivity contribution in [2.45, 2.75) is 32.2 Å². The Bertz CT molecular complexity index is 595. The topological polar surface area (TPSA) is 90.0 Å². The highest BCUT2D eigenvalue weighted by Gasteiger charge is 2.24. The van der Waals surface area contributed by atoms with E-state index in [1.165, 1.54) is 0 Å². The zero-order chi connectivity index (χ0) is 16.0. The lowest BCUT2D eigenvalue weighted by molar-refractivity contribution is 0.167.